The van der Waals surface area contributed by atoms with Crippen LogP contribution in [-0.2, 0) is 4.89 Å². The van der Waals surface area contributed by atoms with E-state index in [-0.39, 0.29) is 6.10 Å². The molecule has 0 aromatic heterocycles. The summed E-state index contributed by atoms with van der Waals surface area (Å²) in [4.78, 5) is 4.50. The summed E-state index contributed by atoms with van der Waals surface area (Å²) < 4.78 is 6.44. The molecule has 0 amide bonds. The van der Waals surface area contributed by atoms with Gasteiger partial charge in [-0.3, -0.25) is 0 Å². The first-order valence-corrected chi connectivity index (χ1v) is 14.4. The molecule has 0 bridgehead atoms. The molecule has 0 saturated heterocycles. The molecule has 0 spiro atoms. The molecule has 0 aliphatic rings. The van der Waals surface area contributed by atoms with Crippen molar-refractivity contribution in [2.45, 2.75) is 13.0 Å². The van der Waals surface area contributed by atoms with E-state index < -0.39 is 18.4 Å². The second kappa shape index (κ2) is 8.47. The summed E-state index contributed by atoms with van der Waals surface area (Å²) in [5.41, 5.74) is 0. The predicted molar refractivity (Wildman–Crippen MR) is 106 cm³/mol. The Morgan fingerprint density at radius 3 is 1.40 bits per heavy atom. The van der Waals surface area contributed by atoms with Gasteiger partial charge in [0.1, 0.15) is 0 Å². The number of benzene rings is 3. The van der Waals surface area contributed by atoms with Gasteiger partial charge in [-0.1, -0.05) is 0 Å². The van der Waals surface area contributed by atoms with Crippen LogP contribution in [0.1, 0.15) is 6.92 Å². The molecule has 0 radical (unpaired) electrons. The standard InChI is InChI=1S/3C6H5.C4H7O2.Sn/c3*1-2-4-6-5-3-1;1-3-4(2)6-5;/h3*1-5H;1,3-5H,2H3;. The number of rotatable bonds is 6. The molecule has 3 rings (SSSR count). The van der Waals surface area contributed by atoms with E-state index in [0.29, 0.717) is 0 Å². The summed E-state index contributed by atoms with van der Waals surface area (Å²) in [6.07, 6.45) is 1.65. The summed E-state index contributed by atoms with van der Waals surface area (Å²) >= 11 is -3.35. The van der Waals surface area contributed by atoms with E-state index in [1.165, 1.54) is 10.7 Å². The van der Waals surface area contributed by atoms with E-state index in [0.717, 1.165) is 0 Å². The van der Waals surface area contributed by atoms with Gasteiger partial charge in [0.25, 0.3) is 0 Å². The Kier molecular flexibility index (Phi) is 6.08. The minimum atomic E-state index is -3.35. The van der Waals surface area contributed by atoms with Gasteiger partial charge in [0.2, 0.25) is 0 Å². The van der Waals surface area contributed by atoms with Crippen molar-refractivity contribution >= 4 is 29.1 Å². The Hall–Kier alpha value is -1.88. The summed E-state index contributed by atoms with van der Waals surface area (Å²) in [5.74, 6) is 0. The topological polar surface area (TPSA) is 29.5 Å². The van der Waals surface area contributed by atoms with E-state index in [2.05, 4.69) is 100.0 Å². The van der Waals surface area contributed by atoms with Crippen molar-refractivity contribution in [3.05, 3.63) is 101 Å². The Balaban J connectivity index is 2.30. The zero-order valence-corrected chi connectivity index (χ0v) is 17.1. The third-order valence-corrected chi connectivity index (χ3v) is 17.1. The first-order chi connectivity index (χ1) is 12.3. The zero-order valence-electron chi connectivity index (χ0n) is 14.2. The van der Waals surface area contributed by atoms with E-state index in [4.69, 9.17) is 5.26 Å². The van der Waals surface area contributed by atoms with Crippen LogP contribution >= 0.6 is 0 Å². The summed E-state index contributed by atoms with van der Waals surface area (Å²) in [7, 11) is 0. The number of hydrogen-bond donors (Lipinski definition) is 1. The molecule has 0 aliphatic carbocycles. The van der Waals surface area contributed by atoms with Crippen molar-refractivity contribution < 1.29 is 10.1 Å². The predicted octanol–water partition coefficient (Wildman–Crippen LogP) is 3.13. The molecule has 0 aliphatic heterocycles. The van der Waals surface area contributed by atoms with Crippen LogP contribution in [0.4, 0.5) is 0 Å². The molecule has 1 atom stereocenters. The van der Waals surface area contributed by atoms with Crippen LogP contribution in [0.5, 0.6) is 0 Å². The van der Waals surface area contributed by atoms with Gasteiger partial charge in [-0.2, -0.15) is 0 Å². The molecule has 3 aromatic carbocycles. The Morgan fingerprint density at radius 2 is 1.08 bits per heavy atom. The Labute approximate surface area is 153 Å². The van der Waals surface area contributed by atoms with Crippen LogP contribution in [0.3, 0.4) is 0 Å². The van der Waals surface area contributed by atoms with Crippen LogP contribution < -0.4 is 10.7 Å². The Morgan fingerprint density at radius 1 is 0.720 bits per heavy atom. The van der Waals surface area contributed by atoms with Gasteiger partial charge in [0.05, 0.1) is 0 Å². The quantitative estimate of drug-likeness (QED) is 0.365. The molecule has 2 nitrogen and oxygen atoms in total. The van der Waals surface area contributed by atoms with Gasteiger partial charge in [0.15, 0.2) is 0 Å². The van der Waals surface area contributed by atoms with Crippen molar-refractivity contribution in [2.24, 2.45) is 0 Å². The van der Waals surface area contributed by atoms with E-state index in [1.807, 2.05) is 13.0 Å². The summed E-state index contributed by atoms with van der Waals surface area (Å²) in [6, 6.07) is 32.2. The average molecular weight is 437 g/mol. The van der Waals surface area contributed by atoms with Crippen LogP contribution in [0.25, 0.3) is 0 Å². The van der Waals surface area contributed by atoms with Gasteiger partial charge in [0, 0.05) is 0 Å². The molecule has 126 valence electrons. The first-order valence-electron chi connectivity index (χ1n) is 8.43. The molecule has 3 heteroatoms. The monoisotopic (exact) mass is 438 g/mol. The maximum absolute atomic E-state index is 9.02. The summed E-state index contributed by atoms with van der Waals surface area (Å²) in [5, 5.41) is 9.02. The molecular weight excluding hydrogens is 415 g/mol. The molecule has 0 fully saturated rings. The second-order valence-corrected chi connectivity index (χ2v) is 16.6. The van der Waals surface area contributed by atoms with Crippen molar-refractivity contribution in [1.29, 1.82) is 0 Å². The van der Waals surface area contributed by atoms with Gasteiger partial charge in [-0.25, -0.2) is 0 Å². The maximum atomic E-state index is 9.02. The third kappa shape index (κ3) is 3.87. The fourth-order valence-corrected chi connectivity index (χ4v) is 15.5. The molecule has 0 saturated carbocycles. The summed E-state index contributed by atoms with van der Waals surface area (Å²) in [6.45, 7) is 1.84. The molecule has 3 aromatic rings. The van der Waals surface area contributed by atoms with Crippen molar-refractivity contribution in [3.8, 4) is 0 Å². The molecular formula is C22H22O2Sn. The SMILES string of the molecule is CC(/C=[CH]\[Sn]([c]1ccccc1)([c]1ccccc1)[c]1ccccc1)OO. The van der Waals surface area contributed by atoms with Crippen molar-refractivity contribution in [3.63, 3.8) is 0 Å². The fraction of sp³-hybridized carbons (Fsp3) is 0.0909. The molecule has 25 heavy (non-hydrogen) atoms. The Bertz CT molecular complexity index is 705. The van der Waals surface area contributed by atoms with E-state index >= 15 is 0 Å². The first kappa shape index (κ1) is 17.9. The van der Waals surface area contributed by atoms with Crippen molar-refractivity contribution in [1.82, 2.24) is 0 Å². The number of hydrogen-bond acceptors (Lipinski definition) is 2. The van der Waals surface area contributed by atoms with Gasteiger partial charge in [-0.15, -0.1) is 0 Å². The second-order valence-electron chi connectivity index (χ2n) is 6.08. The van der Waals surface area contributed by atoms with Gasteiger partial charge in [-0.05, 0) is 0 Å². The van der Waals surface area contributed by atoms with E-state index in [9.17, 15) is 0 Å². The van der Waals surface area contributed by atoms with Crippen molar-refractivity contribution in [2.75, 3.05) is 0 Å². The average Bonchev–Trinajstić information content (AvgIpc) is 2.71. The normalized spacial score (nSPS) is 13.0. The molecule has 1 unspecified atom stereocenters. The van der Waals surface area contributed by atoms with E-state index in [1.54, 1.807) is 0 Å². The molecule has 1 N–H and O–H groups in total. The fourth-order valence-electron chi connectivity index (χ4n) is 3.21. The molecule has 0 heterocycles. The third-order valence-electron chi connectivity index (χ3n) is 4.47. The van der Waals surface area contributed by atoms with Crippen LogP contribution in [0.2, 0.25) is 0 Å². The van der Waals surface area contributed by atoms with Gasteiger partial charge < -0.3 is 0 Å². The van der Waals surface area contributed by atoms with Crippen LogP contribution in [-0.4, -0.2) is 29.7 Å². The minimum absolute atomic E-state index is 0.341. The van der Waals surface area contributed by atoms with Crippen LogP contribution in [0.15, 0.2) is 101 Å². The zero-order chi connectivity index (χ0) is 17.5. The van der Waals surface area contributed by atoms with Gasteiger partial charge >= 0.3 is 153 Å². The van der Waals surface area contributed by atoms with Crippen LogP contribution in [0, 0.1) is 0 Å².